The molecule has 14 heteroatoms. The Morgan fingerprint density at radius 2 is 1.03 bits per heavy atom. The number of carbonyl (C=O) groups excluding carboxylic acids is 2. The summed E-state index contributed by atoms with van der Waals surface area (Å²) >= 11 is 0. The van der Waals surface area contributed by atoms with Crippen molar-refractivity contribution in [1.29, 1.82) is 0 Å². The maximum Gasteiger partial charge on any atom is 0.264 e. The number of rotatable bonds is 17. The zero-order chi connectivity index (χ0) is 46.9. The average molecular weight is 897 g/mol. The van der Waals surface area contributed by atoms with Gasteiger partial charge in [-0.3, -0.25) is 9.59 Å². The molecule has 0 aliphatic carbocycles. The number of benzene rings is 4. The summed E-state index contributed by atoms with van der Waals surface area (Å²) in [7, 11) is -8.72. The molecule has 0 heterocycles. The first-order valence-electron chi connectivity index (χ1n) is 20.9. The van der Waals surface area contributed by atoms with E-state index in [-0.39, 0.29) is 46.3 Å². The van der Waals surface area contributed by atoms with Crippen LogP contribution in [0.1, 0.15) is 161 Å². The molecule has 338 valence electrons. The lowest BCUT2D eigenvalue weighted by Crippen LogP contribution is -2.33. The molecule has 0 saturated carbocycles. The number of nitrogens with one attached hydrogen (secondary N) is 2. The lowest BCUT2D eigenvalue weighted by molar-refractivity contribution is -0.119. The molecular formula is C48H62F2N2O8S2. The van der Waals surface area contributed by atoms with Crippen LogP contribution in [0.4, 0.5) is 8.78 Å². The van der Waals surface area contributed by atoms with Crippen molar-refractivity contribution in [3.8, 4) is 0 Å². The van der Waals surface area contributed by atoms with Gasteiger partial charge in [0.1, 0.15) is 11.6 Å². The first-order chi connectivity index (χ1) is 28.4. The molecule has 2 atom stereocenters. The minimum absolute atomic E-state index is 0.153. The topological polar surface area (TPSA) is 167 Å². The maximum absolute atomic E-state index is 15.3. The number of sulfonamides is 2. The third-order valence-electron chi connectivity index (χ3n) is 11.5. The highest BCUT2D eigenvalue weighted by atomic mass is 32.2. The number of amides is 2. The van der Waals surface area contributed by atoms with Gasteiger partial charge in [-0.05, 0) is 176 Å². The summed E-state index contributed by atoms with van der Waals surface area (Å²) in [5, 5.41) is 21.2. The van der Waals surface area contributed by atoms with Crippen LogP contribution in [0.15, 0.2) is 70.5 Å². The minimum atomic E-state index is -4.37. The van der Waals surface area contributed by atoms with Crippen LogP contribution < -0.4 is 9.44 Å². The third kappa shape index (κ3) is 11.9. The van der Waals surface area contributed by atoms with Crippen LogP contribution >= 0.6 is 0 Å². The van der Waals surface area contributed by atoms with Gasteiger partial charge in [-0.2, -0.15) is 0 Å². The van der Waals surface area contributed by atoms with Crippen LogP contribution in [0.3, 0.4) is 0 Å². The Morgan fingerprint density at radius 1 is 0.613 bits per heavy atom. The molecule has 0 fully saturated rings. The number of carbonyl (C=O) groups is 2. The minimum Gasteiger partial charge on any atom is -0.386 e. The van der Waals surface area contributed by atoms with E-state index in [9.17, 15) is 36.6 Å². The number of halogens is 2. The van der Waals surface area contributed by atoms with Gasteiger partial charge in [0, 0.05) is 0 Å². The van der Waals surface area contributed by atoms with Crippen LogP contribution in [-0.4, -0.2) is 38.9 Å². The second-order valence-corrected chi connectivity index (χ2v) is 21.6. The summed E-state index contributed by atoms with van der Waals surface area (Å²) in [6, 6.07) is 14.1. The van der Waals surface area contributed by atoms with Gasteiger partial charge in [0.25, 0.3) is 20.0 Å². The quantitative estimate of drug-likeness (QED) is 0.0815. The van der Waals surface area contributed by atoms with Gasteiger partial charge in [0.15, 0.2) is 0 Å². The number of aryl methyl sites for hydroxylation is 1. The summed E-state index contributed by atoms with van der Waals surface area (Å²) in [5.74, 6) is -3.86. The normalized spacial score (nSPS) is 13.6. The predicted octanol–water partition coefficient (Wildman–Crippen LogP) is 9.07. The van der Waals surface area contributed by atoms with Gasteiger partial charge in [0.05, 0.1) is 33.8 Å². The zero-order valence-electron chi connectivity index (χ0n) is 37.8. The van der Waals surface area contributed by atoms with E-state index in [1.165, 1.54) is 76.2 Å². The molecule has 10 nitrogen and oxygen atoms in total. The highest BCUT2D eigenvalue weighted by Crippen LogP contribution is 2.37. The van der Waals surface area contributed by atoms with Gasteiger partial charge in [-0.1, -0.05) is 59.7 Å². The van der Waals surface area contributed by atoms with Crippen molar-refractivity contribution >= 4 is 31.9 Å². The molecule has 4 N–H and O–H groups in total. The van der Waals surface area contributed by atoms with Gasteiger partial charge in [-0.25, -0.2) is 35.1 Å². The lowest BCUT2D eigenvalue weighted by atomic mass is 9.81. The van der Waals surface area contributed by atoms with Crippen molar-refractivity contribution in [2.45, 2.75) is 153 Å². The van der Waals surface area contributed by atoms with Gasteiger partial charge >= 0.3 is 0 Å². The van der Waals surface area contributed by atoms with Crippen molar-refractivity contribution in [1.82, 2.24) is 9.44 Å². The second kappa shape index (κ2) is 19.1. The first-order valence-corrected chi connectivity index (χ1v) is 23.8. The van der Waals surface area contributed by atoms with E-state index < -0.39 is 54.7 Å². The van der Waals surface area contributed by atoms with Gasteiger partial charge in [-0.15, -0.1) is 0 Å². The van der Waals surface area contributed by atoms with Gasteiger partial charge < -0.3 is 10.2 Å². The average Bonchev–Trinajstić information content (AvgIpc) is 3.13. The van der Waals surface area contributed by atoms with Crippen molar-refractivity contribution in [3.05, 3.63) is 128 Å². The number of hydrogen-bond donors (Lipinski definition) is 4. The third-order valence-corrected chi connectivity index (χ3v) is 14.4. The van der Waals surface area contributed by atoms with E-state index in [1.54, 1.807) is 26.0 Å². The van der Waals surface area contributed by atoms with Crippen molar-refractivity contribution < 1.29 is 45.4 Å². The Bertz CT molecular complexity index is 2560. The lowest BCUT2D eigenvalue weighted by Gasteiger charge is -2.25. The molecule has 0 bridgehead atoms. The summed E-state index contributed by atoms with van der Waals surface area (Å²) in [5.41, 5.74) is 2.19. The molecular weight excluding hydrogens is 835 g/mol. The van der Waals surface area contributed by atoms with Crippen LogP contribution in [0.25, 0.3) is 0 Å². The smallest absolute Gasteiger partial charge is 0.264 e. The van der Waals surface area contributed by atoms with E-state index in [0.29, 0.717) is 68.5 Å². The molecule has 4 aromatic rings. The summed E-state index contributed by atoms with van der Waals surface area (Å²) in [4.78, 5) is 26.8. The molecule has 2 unspecified atom stereocenters. The highest BCUT2D eigenvalue weighted by Gasteiger charge is 2.29. The first kappa shape index (κ1) is 50.1. The monoisotopic (exact) mass is 896 g/mol. The number of hydrogen-bond acceptors (Lipinski definition) is 8. The van der Waals surface area contributed by atoms with E-state index in [4.69, 9.17) is 0 Å². The van der Waals surface area contributed by atoms with E-state index >= 15 is 8.78 Å². The second-order valence-electron chi connectivity index (χ2n) is 18.2. The Labute approximate surface area is 366 Å². The van der Waals surface area contributed by atoms with Crippen molar-refractivity contribution in [3.63, 3.8) is 0 Å². The Hall–Kier alpha value is -4.50. The zero-order valence-corrected chi connectivity index (χ0v) is 39.5. The predicted molar refractivity (Wildman–Crippen MR) is 238 cm³/mol. The molecule has 0 aromatic heterocycles. The van der Waals surface area contributed by atoms with Crippen molar-refractivity contribution in [2.24, 2.45) is 0 Å². The molecule has 62 heavy (non-hydrogen) atoms. The fourth-order valence-electron chi connectivity index (χ4n) is 8.29. The Morgan fingerprint density at radius 3 is 1.45 bits per heavy atom. The Balaban J connectivity index is 1.62. The van der Waals surface area contributed by atoms with E-state index in [2.05, 4.69) is 9.44 Å². The molecule has 4 rings (SSSR count). The number of aliphatic hydroxyl groups is 2. The van der Waals surface area contributed by atoms with Crippen molar-refractivity contribution in [2.75, 3.05) is 0 Å². The molecule has 2 amide bonds. The van der Waals surface area contributed by atoms with Gasteiger partial charge in [0.2, 0.25) is 11.8 Å². The highest BCUT2D eigenvalue weighted by molar-refractivity contribution is 7.90. The fourth-order valence-corrected chi connectivity index (χ4v) is 10.6. The standard InChI is InChI=1S/C48H62F2N2O8S2/c1-27(2)36-20-33(49)22-38(40(36)25-45(53)51-61(57,58)35-19-18-31(7)43(24-35)48(11,12)56)29(5)16-17-30(6)39-23-34(50)21-37(28(3)4)41(39)26-46(54)52-62(59,60)44-15-13-14-42(32(44)8)47(9,10)55/h13-15,18-24,27-30,55-56H,16-17,25-26H2,1-12H3,(H,51,53)(H,52,54). The fraction of sp³-hybridized carbons (Fsp3) is 0.458. The summed E-state index contributed by atoms with van der Waals surface area (Å²) < 4.78 is 88.9. The Kier molecular flexibility index (Phi) is 15.4. The van der Waals surface area contributed by atoms with E-state index in [0.717, 1.165) is 0 Å². The molecule has 0 aliphatic heterocycles. The molecule has 0 aliphatic rings. The van der Waals surface area contributed by atoms with Crippen LogP contribution in [0.2, 0.25) is 0 Å². The molecule has 0 spiro atoms. The van der Waals surface area contributed by atoms with E-state index in [1.807, 2.05) is 41.5 Å². The largest absolute Gasteiger partial charge is 0.386 e. The summed E-state index contributed by atoms with van der Waals surface area (Å²) in [6.45, 7) is 20.6. The van der Waals surface area contributed by atoms with Crippen LogP contribution in [0, 0.1) is 25.5 Å². The maximum atomic E-state index is 15.3. The van der Waals surface area contributed by atoms with Crippen LogP contribution in [-0.2, 0) is 53.7 Å². The molecule has 0 saturated heterocycles. The molecule has 4 aromatic carbocycles. The molecule has 0 radical (unpaired) electrons. The SMILES string of the molecule is Cc1ccc(S(=O)(=O)NC(=O)Cc2c(C(C)C)cc(F)cc2C(C)CCC(C)c2cc(F)cc(C(C)C)c2CC(=O)NS(=O)(=O)c2cccc(C(C)(C)O)c2C)cc1C(C)(C)O. The van der Waals surface area contributed by atoms with Crippen LogP contribution in [0.5, 0.6) is 0 Å². The summed E-state index contributed by atoms with van der Waals surface area (Å²) in [6.07, 6.45) is 0.112.